The number of thiazole rings is 1. The largest absolute Gasteiger partial charge is 0.476 e. The van der Waals surface area contributed by atoms with Gasteiger partial charge >= 0.3 is 5.97 Å². The van der Waals surface area contributed by atoms with Gasteiger partial charge < -0.3 is 5.11 Å². The predicted octanol–water partition coefficient (Wildman–Crippen LogP) is 2.02. The Morgan fingerprint density at radius 1 is 1.50 bits per heavy atom. The fourth-order valence-corrected chi connectivity index (χ4v) is 1.92. The van der Waals surface area contributed by atoms with Crippen LogP contribution in [0.3, 0.4) is 0 Å². The van der Waals surface area contributed by atoms with E-state index in [1.165, 1.54) is 0 Å². The van der Waals surface area contributed by atoms with E-state index in [2.05, 4.69) is 23.0 Å². The second-order valence-corrected chi connectivity index (χ2v) is 4.08. The van der Waals surface area contributed by atoms with E-state index in [1.54, 1.807) is 17.5 Å². The molecular weight excluding hydrogens is 224 g/mol. The molecule has 1 heterocycles. The van der Waals surface area contributed by atoms with Gasteiger partial charge in [-0.05, 0) is 0 Å². The summed E-state index contributed by atoms with van der Waals surface area (Å²) in [6.45, 7) is 9.41. The maximum atomic E-state index is 10.7. The number of carboxylic acids is 1. The van der Waals surface area contributed by atoms with Crippen molar-refractivity contribution >= 4 is 17.3 Å². The first kappa shape index (κ1) is 12.6. The molecule has 0 aromatic carbocycles. The summed E-state index contributed by atoms with van der Waals surface area (Å²) < 4.78 is 0. The third-order valence-corrected chi connectivity index (χ3v) is 2.77. The van der Waals surface area contributed by atoms with Crippen LogP contribution < -0.4 is 0 Å². The summed E-state index contributed by atoms with van der Waals surface area (Å²) >= 11 is 1.15. The van der Waals surface area contributed by atoms with Gasteiger partial charge in [0, 0.05) is 25.0 Å². The first-order chi connectivity index (χ1) is 7.67. The van der Waals surface area contributed by atoms with E-state index in [9.17, 15) is 4.79 Å². The lowest BCUT2D eigenvalue weighted by atomic mass is 10.4. The molecule has 0 aliphatic heterocycles. The summed E-state index contributed by atoms with van der Waals surface area (Å²) in [5, 5.41) is 10.6. The number of nitrogens with zero attached hydrogens (tertiary/aromatic N) is 2. The number of aromatic carboxylic acids is 1. The second-order valence-electron chi connectivity index (χ2n) is 3.22. The molecule has 1 rings (SSSR count). The van der Waals surface area contributed by atoms with Gasteiger partial charge in [0.2, 0.25) is 5.01 Å². The highest BCUT2D eigenvalue weighted by molar-refractivity contribution is 7.11. The van der Waals surface area contributed by atoms with Crippen molar-refractivity contribution in [1.82, 2.24) is 9.88 Å². The van der Waals surface area contributed by atoms with E-state index >= 15 is 0 Å². The number of hydrogen-bond donors (Lipinski definition) is 1. The van der Waals surface area contributed by atoms with Crippen molar-refractivity contribution in [2.45, 2.75) is 6.54 Å². The van der Waals surface area contributed by atoms with E-state index in [0.29, 0.717) is 6.54 Å². The van der Waals surface area contributed by atoms with Gasteiger partial charge in [0.15, 0.2) is 0 Å². The van der Waals surface area contributed by atoms with Crippen molar-refractivity contribution in [3.63, 3.8) is 0 Å². The molecule has 86 valence electrons. The van der Waals surface area contributed by atoms with Gasteiger partial charge in [0.25, 0.3) is 0 Å². The molecule has 1 aromatic heterocycles. The van der Waals surface area contributed by atoms with Crippen LogP contribution in [0.15, 0.2) is 30.7 Å². The van der Waals surface area contributed by atoms with Crippen molar-refractivity contribution < 1.29 is 9.90 Å². The van der Waals surface area contributed by atoms with Crippen LogP contribution in [-0.2, 0) is 6.54 Å². The van der Waals surface area contributed by atoms with Crippen LogP contribution in [0.2, 0.25) is 0 Å². The minimum absolute atomic E-state index is 0.132. The monoisotopic (exact) mass is 238 g/mol. The Bertz CT molecular complexity index is 377. The average Bonchev–Trinajstić information content (AvgIpc) is 2.67. The number of carbonyl (C=O) groups is 1. The molecule has 0 radical (unpaired) electrons. The molecule has 0 fully saturated rings. The molecule has 0 unspecified atom stereocenters. The summed E-state index contributed by atoms with van der Waals surface area (Å²) in [5.74, 6) is -0.977. The maximum Gasteiger partial charge on any atom is 0.365 e. The van der Waals surface area contributed by atoms with Gasteiger partial charge in [0.1, 0.15) is 0 Å². The van der Waals surface area contributed by atoms with E-state index in [4.69, 9.17) is 5.11 Å². The number of carboxylic acid groups (broad SMARTS) is 1. The summed E-state index contributed by atoms with van der Waals surface area (Å²) in [5.41, 5.74) is 0.770. The van der Waals surface area contributed by atoms with Crippen LogP contribution >= 0.6 is 11.3 Å². The molecule has 0 atom stereocenters. The third-order valence-electron chi connectivity index (χ3n) is 1.89. The minimum Gasteiger partial charge on any atom is -0.476 e. The van der Waals surface area contributed by atoms with Crippen LogP contribution in [0, 0.1) is 0 Å². The lowest BCUT2D eigenvalue weighted by molar-refractivity contribution is 0.0696. The Balaban J connectivity index is 2.65. The standard InChI is InChI=1S/C11H14N2O2S/c1-3-5-13(6-4-2)7-9-8-16-10(12-9)11(14)15/h3-4,8H,1-2,5-7H2,(H,14,15). The average molecular weight is 238 g/mol. The van der Waals surface area contributed by atoms with E-state index < -0.39 is 5.97 Å². The Kier molecular flexibility index (Phi) is 4.88. The van der Waals surface area contributed by atoms with Gasteiger partial charge in [-0.25, -0.2) is 9.78 Å². The fourth-order valence-electron chi connectivity index (χ4n) is 1.28. The minimum atomic E-state index is -0.977. The van der Waals surface area contributed by atoms with Crippen LogP contribution in [0.1, 0.15) is 15.5 Å². The first-order valence-electron chi connectivity index (χ1n) is 4.79. The topological polar surface area (TPSA) is 53.4 Å². The van der Waals surface area contributed by atoms with E-state index in [0.717, 1.165) is 30.1 Å². The smallest absolute Gasteiger partial charge is 0.365 e. The van der Waals surface area contributed by atoms with Gasteiger partial charge in [0.05, 0.1) is 5.69 Å². The molecule has 0 saturated heterocycles. The maximum absolute atomic E-state index is 10.7. The number of rotatable bonds is 7. The van der Waals surface area contributed by atoms with Crippen LogP contribution in [-0.4, -0.2) is 34.0 Å². The first-order valence-corrected chi connectivity index (χ1v) is 5.67. The fraction of sp³-hybridized carbons (Fsp3) is 0.273. The molecule has 5 heteroatoms. The molecule has 0 bridgehead atoms. The molecule has 0 saturated carbocycles. The Hall–Kier alpha value is -1.46. The Labute approximate surface area is 98.5 Å². The van der Waals surface area contributed by atoms with Crippen molar-refractivity contribution in [3.05, 3.63) is 41.4 Å². The van der Waals surface area contributed by atoms with Crippen LogP contribution in [0.4, 0.5) is 0 Å². The quantitative estimate of drug-likeness (QED) is 0.738. The van der Waals surface area contributed by atoms with Gasteiger partial charge in [-0.2, -0.15) is 0 Å². The van der Waals surface area contributed by atoms with Crippen molar-refractivity contribution in [1.29, 1.82) is 0 Å². The lowest BCUT2D eigenvalue weighted by Gasteiger charge is -2.16. The van der Waals surface area contributed by atoms with Gasteiger partial charge in [-0.1, -0.05) is 12.2 Å². The number of hydrogen-bond acceptors (Lipinski definition) is 4. The van der Waals surface area contributed by atoms with Gasteiger partial charge in [-0.3, -0.25) is 4.90 Å². The lowest BCUT2D eigenvalue weighted by Crippen LogP contribution is -2.23. The molecule has 0 spiro atoms. The zero-order valence-corrected chi connectivity index (χ0v) is 9.74. The summed E-state index contributed by atoms with van der Waals surface area (Å²) in [7, 11) is 0. The summed E-state index contributed by atoms with van der Waals surface area (Å²) in [4.78, 5) is 16.7. The molecule has 1 N–H and O–H groups in total. The molecule has 16 heavy (non-hydrogen) atoms. The van der Waals surface area contributed by atoms with Crippen molar-refractivity contribution in [2.24, 2.45) is 0 Å². The van der Waals surface area contributed by atoms with Gasteiger partial charge in [-0.15, -0.1) is 24.5 Å². The van der Waals surface area contributed by atoms with Crippen molar-refractivity contribution in [3.8, 4) is 0 Å². The number of aromatic nitrogens is 1. The zero-order chi connectivity index (χ0) is 12.0. The molecular formula is C11H14N2O2S. The summed E-state index contributed by atoms with van der Waals surface area (Å²) in [6, 6.07) is 0. The third kappa shape index (κ3) is 3.60. The highest BCUT2D eigenvalue weighted by atomic mass is 32.1. The van der Waals surface area contributed by atoms with E-state index in [1.807, 2.05) is 0 Å². The Morgan fingerprint density at radius 3 is 2.56 bits per heavy atom. The molecule has 0 aliphatic rings. The Morgan fingerprint density at radius 2 is 2.12 bits per heavy atom. The SMILES string of the molecule is C=CCN(CC=C)Cc1csc(C(=O)O)n1. The molecule has 0 amide bonds. The molecule has 4 nitrogen and oxygen atoms in total. The highest BCUT2D eigenvalue weighted by Gasteiger charge is 2.10. The van der Waals surface area contributed by atoms with Crippen molar-refractivity contribution in [2.75, 3.05) is 13.1 Å². The predicted molar refractivity (Wildman–Crippen MR) is 64.7 cm³/mol. The zero-order valence-electron chi connectivity index (χ0n) is 8.93. The summed E-state index contributed by atoms with van der Waals surface area (Å²) in [6.07, 6.45) is 3.60. The second kappa shape index (κ2) is 6.19. The highest BCUT2D eigenvalue weighted by Crippen LogP contribution is 2.11. The van der Waals surface area contributed by atoms with Crippen LogP contribution in [0.5, 0.6) is 0 Å². The van der Waals surface area contributed by atoms with E-state index in [-0.39, 0.29) is 5.01 Å². The molecule has 1 aromatic rings. The molecule has 0 aliphatic carbocycles. The van der Waals surface area contributed by atoms with Crippen LogP contribution in [0.25, 0.3) is 0 Å². The normalized spacial score (nSPS) is 10.3.